The van der Waals surface area contributed by atoms with Crippen molar-refractivity contribution < 1.29 is 4.79 Å². The van der Waals surface area contributed by atoms with Crippen LogP contribution in [0.3, 0.4) is 0 Å². The lowest BCUT2D eigenvalue weighted by Gasteiger charge is -2.37. The number of halogens is 1. The van der Waals surface area contributed by atoms with Gasteiger partial charge >= 0.3 is 0 Å². The molecule has 21 heavy (non-hydrogen) atoms. The number of carbonyl (C=O) groups is 1. The molecule has 0 bridgehead atoms. The minimum atomic E-state index is 0.104. The topological polar surface area (TPSA) is 32.3 Å². The van der Waals surface area contributed by atoms with Crippen LogP contribution in [0.2, 0.25) is 5.02 Å². The van der Waals surface area contributed by atoms with E-state index >= 15 is 0 Å². The molecule has 1 fully saturated rings. The maximum atomic E-state index is 11.3. The summed E-state index contributed by atoms with van der Waals surface area (Å²) in [7, 11) is 3.86. The van der Waals surface area contributed by atoms with Crippen molar-refractivity contribution in [2.24, 2.45) is 5.92 Å². The molecule has 0 spiro atoms. The van der Waals surface area contributed by atoms with Crippen LogP contribution in [0, 0.1) is 5.92 Å². The number of nitrogens with zero attached hydrogens (tertiary/aromatic N) is 1. The molecule has 0 radical (unpaired) electrons. The van der Waals surface area contributed by atoms with Gasteiger partial charge in [-0.15, -0.1) is 0 Å². The van der Waals surface area contributed by atoms with E-state index in [-0.39, 0.29) is 5.91 Å². The number of benzene rings is 1. The zero-order valence-electron chi connectivity index (χ0n) is 12.6. The first-order valence-corrected chi connectivity index (χ1v) is 8.85. The molecule has 1 saturated heterocycles. The van der Waals surface area contributed by atoms with Crippen molar-refractivity contribution >= 4 is 29.3 Å². The number of rotatable bonds is 5. The SMILES string of the molecule is CNC(=O)CSC[C@H]1CN(C)CC[C@H]1c1ccc(Cl)cc1. The number of nitrogens with one attached hydrogen (secondary N) is 1. The average Bonchev–Trinajstić information content (AvgIpc) is 2.48. The van der Waals surface area contributed by atoms with Gasteiger partial charge in [-0.2, -0.15) is 11.8 Å². The smallest absolute Gasteiger partial charge is 0.229 e. The molecule has 1 heterocycles. The van der Waals surface area contributed by atoms with Gasteiger partial charge in [0.2, 0.25) is 5.91 Å². The molecule has 3 nitrogen and oxygen atoms in total. The third-order valence-corrected chi connectivity index (χ3v) is 5.46. The van der Waals surface area contributed by atoms with Crippen molar-refractivity contribution in [3.05, 3.63) is 34.9 Å². The van der Waals surface area contributed by atoms with Crippen LogP contribution in [0.1, 0.15) is 17.9 Å². The number of hydrogen-bond acceptors (Lipinski definition) is 3. The van der Waals surface area contributed by atoms with Gasteiger partial charge in [0.25, 0.3) is 0 Å². The maximum absolute atomic E-state index is 11.3. The monoisotopic (exact) mass is 326 g/mol. The highest BCUT2D eigenvalue weighted by Crippen LogP contribution is 2.35. The average molecular weight is 327 g/mol. The van der Waals surface area contributed by atoms with Gasteiger partial charge in [0.05, 0.1) is 5.75 Å². The zero-order valence-corrected chi connectivity index (χ0v) is 14.2. The molecule has 5 heteroatoms. The van der Waals surface area contributed by atoms with Crippen LogP contribution in [0.15, 0.2) is 24.3 Å². The summed E-state index contributed by atoms with van der Waals surface area (Å²) < 4.78 is 0. The lowest BCUT2D eigenvalue weighted by molar-refractivity contribution is -0.118. The van der Waals surface area contributed by atoms with Crippen LogP contribution < -0.4 is 5.32 Å². The van der Waals surface area contributed by atoms with Crippen LogP contribution in [0.4, 0.5) is 0 Å². The Hall–Kier alpha value is -0.710. The van der Waals surface area contributed by atoms with Crippen LogP contribution in [-0.2, 0) is 4.79 Å². The predicted molar refractivity (Wildman–Crippen MR) is 91.2 cm³/mol. The fourth-order valence-corrected chi connectivity index (χ4v) is 4.12. The van der Waals surface area contributed by atoms with Crippen molar-refractivity contribution in [1.82, 2.24) is 10.2 Å². The van der Waals surface area contributed by atoms with Gasteiger partial charge in [-0.3, -0.25) is 4.79 Å². The second-order valence-corrected chi connectivity index (χ2v) is 7.12. The van der Waals surface area contributed by atoms with E-state index in [1.54, 1.807) is 18.8 Å². The summed E-state index contributed by atoms with van der Waals surface area (Å²) in [4.78, 5) is 13.7. The van der Waals surface area contributed by atoms with Gasteiger partial charge in [0.15, 0.2) is 0 Å². The summed E-state index contributed by atoms with van der Waals surface area (Å²) in [5, 5.41) is 3.46. The van der Waals surface area contributed by atoms with Gasteiger partial charge < -0.3 is 10.2 Å². The largest absolute Gasteiger partial charge is 0.358 e. The lowest BCUT2D eigenvalue weighted by Crippen LogP contribution is -2.38. The molecular formula is C16H23ClN2OS. The highest BCUT2D eigenvalue weighted by molar-refractivity contribution is 7.99. The van der Waals surface area contributed by atoms with Gasteiger partial charge in [0.1, 0.15) is 0 Å². The first-order valence-electron chi connectivity index (χ1n) is 7.32. The van der Waals surface area contributed by atoms with Crippen molar-refractivity contribution in [2.45, 2.75) is 12.3 Å². The van der Waals surface area contributed by atoms with E-state index in [9.17, 15) is 4.79 Å². The van der Waals surface area contributed by atoms with Gasteiger partial charge in [0, 0.05) is 18.6 Å². The second-order valence-electron chi connectivity index (χ2n) is 5.66. The minimum Gasteiger partial charge on any atom is -0.358 e. The molecule has 1 amide bonds. The van der Waals surface area contributed by atoms with E-state index in [1.165, 1.54) is 12.0 Å². The zero-order chi connectivity index (χ0) is 15.2. The summed E-state index contributed by atoms with van der Waals surface area (Å²) in [6.07, 6.45) is 1.17. The molecule has 1 N–H and O–H groups in total. The highest BCUT2D eigenvalue weighted by atomic mass is 35.5. The van der Waals surface area contributed by atoms with Gasteiger partial charge in [-0.05, 0) is 55.3 Å². The van der Waals surface area contributed by atoms with Crippen LogP contribution >= 0.6 is 23.4 Å². The number of likely N-dealkylation sites (tertiary alicyclic amines) is 1. The minimum absolute atomic E-state index is 0.104. The summed E-state index contributed by atoms with van der Waals surface area (Å²) in [5.74, 6) is 2.82. The van der Waals surface area contributed by atoms with E-state index in [0.717, 1.165) is 23.9 Å². The maximum Gasteiger partial charge on any atom is 0.229 e. The van der Waals surface area contributed by atoms with E-state index in [1.807, 2.05) is 12.1 Å². The summed E-state index contributed by atoms with van der Waals surface area (Å²) >= 11 is 7.72. The van der Waals surface area contributed by atoms with Crippen LogP contribution in [0.25, 0.3) is 0 Å². The first-order chi connectivity index (χ1) is 10.1. The summed E-state index contributed by atoms with van der Waals surface area (Å²) in [5.41, 5.74) is 1.37. The Morgan fingerprint density at radius 3 is 2.81 bits per heavy atom. The number of piperidine rings is 1. The quantitative estimate of drug-likeness (QED) is 0.903. The van der Waals surface area contributed by atoms with E-state index in [4.69, 9.17) is 11.6 Å². The number of amides is 1. The van der Waals surface area contributed by atoms with Gasteiger partial charge in [-0.25, -0.2) is 0 Å². The summed E-state index contributed by atoms with van der Waals surface area (Å²) in [6, 6.07) is 8.25. The number of thioether (sulfide) groups is 1. The molecule has 0 aliphatic carbocycles. The molecule has 0 saturated carbocycles. The molecule has 1 aromatic carbocycles. The molecule has 1 aliphatic heterocycles. The Morgan fingerprint density at radius 1 is 1.43 bits per heavy atom. The molecule has 2 rings (SSSR count). The predicted octanol–water partition coefficient (Wildman–Crippen LogP) is 2.85. The van der Waals surface area contributed by atoms with E-state index in [2.05, 4.69) is 29.4 Å². The fourth-order valence-electron chi connectivity index (χ4n) is 2.91. The van der Waals surface area contributed by atoms with Crippen molar-refractivity contribution in [3.8, 4) is 0 Å². The van der Waals surface area contributed by atoms with E-state index < -0.39 is 0 Å². The molecule has 1 aliphatic rings. The van der Waals surface area contributed by atoms with Crippen LogP contribution in [-0.4, -0.2) is 49.5 Å². The number of carbonyl (C=O) groups excluding carboxylic acids is 1. The fraction of sp³-hybridized carbons (Fsp3) is 0.562. The molecule has 2 atom stereocenters. The molecule has 0 unspecified atom stereocenters. The Bertz CT molecular complexity index is 466. The van der Waals surface area contributed by atoms with Crippen molar-refractivity contribution in [3.63, 3.8) is 0 Å². The normalized spacial score (nSPS) is 23.0. The molecule has 0 aromatic heterocycles. The molecule has 116 valence electrons. The Kier molecular flexibility index (Phi) is 6.40. The third kappa shape index (κ3) is 4.90. The third-order valence-electron chi connectivity index (χ3n) is 4.08. The number of hydrogen-bond donors (Lipinski definition) is 1. The highest BCUT2D eigenvalue weighted by Gasteiger charge is 2.28. The lowest BCUT2D eigenvalue weighted by atomic mass is 9.81. The van der Waals surface area contributed by atoms with Crippen LogP contribution in [0.5, 0.6) is 0 Å². The van der Waals surface area contributed by atoms with E-state index in [0.29, 0.717) is 17.6 Å². The molecule has 1 aromatic rings. The Balaban J connectivity index is 1.99. The van der Waals surface area contributed by atoms with Crippen molar-refractivity contribution in [2.75, 3.05) is 38.7 Å². The van der Waals surface area contributed by atoms with Gasteiger partial charge in [-0.1, -0.05) is 23.7 Å². The summed E-state index contributed by atoms with van der Waals surface area (Å²) in [6.45, 7) is 2.22. The van der Waals surface area contributed by atoms with Crippen molar-refractivity contribution in [1.29, 1.82) is 0 Å². The Morgan fingerprint density at radius 2 is 2.14 bits per heavy atom. The molecular weight excluding hydrogens is 304 g/mol. The standard InChI is InChI=1S/C16H23ClN2OS/c1-18-16(20)11-21-10-13-9-19(2)8-7-15(13)12-3-5-14(17)6-4-12/h3-6,13,15H,7-11H2,1-2H3,(H,18,20)/t13-,15+/m1/s1. The second kappa shape index (κ2) is 8.06. The first kappa shape index (κ1) is 16.7. The Labute approximate surface area is 136 Å².